The number of aliphatic hydroxyl groups is 2. The molecule has 0 aromatic rings. The molecule has 70 valence electrons. The van der Waals surface area contributed by atoms with E-state index in [4.69, 9.17) is 10.2 Å². The van der Waals surface area contributed by atoms with Gasteiger partial charge in [0.15, 0.2) is 0 Å². The Morgan fingerprint density at radius 1 is 0.917 bits per heavy atom. The Morgan fingerprint density at radius 3 is 1.50 bits per heavy atom. The molecule has 0 fully saturated rings. The maximum absolute atomic E-state index is 8.57. The second kappa shape index (κ2) is 7.07. The van der Waals surface area contributed by atoms with Gasteiger partial charge in [-0.05, 0) is 26.7 Å². The lowest BCUT2D eigenvalue weighted by Gasteiger charge is -2.00. The van der Waals surface area contributed by atoms with Gasteiger partial charge >= 0.3 is 0 Å². The fraction of sp³-hybridized carbons (Fsp3) is 0.600. The van der Waals surface area contributed by atoms with Crippen LogP contribution in [0.15, 0.2) is 23.3 Å². The molecular weight excluding hydrogens is 152 g/mol. The van der Waals surface area contributed by atoms with Gasteiger partial charge in [-0.25, -0.2) is 0 Å². The normalized spacial score (nSPS) is 13.7. The fourth-order valence-electron chi connectivity index (χ4n) is 0.910. The van der Waals surface area contributed by atoms with E-state index in [1.807, 2.05) is 26.0 Å². The maximum atomic E-state index is 8.57. The van der Waals surface area contributed by atoms with Crippen LogP contribution in [0.3, 0.4) is 0 Å². The summed E-state index contributed by atoms with van der Waals surface area (Å²) in [6, 6.07) is 0. The second-order valence-corrected chi connectivity index (χ2v) is 2.97. The molecule has 2 N–H and O–H groups in total. The topological polar surface area (TPSA) is 40.5 Å². The van der Waals surface area contributed by atoms with Gasteiger partial charge in [-0.3, -0.25) is 0 Å². The standard InChI is InChI=1S/C10H18O2/c1-9(5-7-11)3-4-10(2)6-8-12/h5-6,11-12H,3-4,7-8H2,1-2H3/b9-5+,10-6+. The number of hydrogen-bond donors (Lipinski definition) is 2. The van der Waals surface area contributed by atoms with Crippen LogP contribution in [-0.4, -0.2) is 23.4 Å². The summed E-state index contributed by atoms with van der Waals surface area (Å²) < 4.78 is 0. The van der Waals surface area contributed by atoms with Gasteiger partial charge < -0.3 is 10.2 Å². The molecule has 0 saturated carbocycles. The van der Waals surface area contributed by atoms with Crippen molar-refractivity contribution < 1.29 is 10.2 Å². The Morgan fingerprint density at radius 2 is 1.25 bits per heavy atom. The van der Waals surface area contributed by atoms with Crippen molar-refractivity contribution in [1.29, 1.82) is 0 Å². The molecule has 0 atom stereocenters. The van der Waals surface area contributed by atoms with Crippen molar-refractivity contribution in [2.75, 3.05) is 13.2 Å². The smallest absolute Gasteiger partial charge is 0.0614 e. The van der Waals surface area contributed by atoms with Crippen LogP contribution in [0.1, 0.15) is 26.7 Å². The average Bonchev–Trinajstić information content (AvgIpc) is 2.02. The molecule has 0 aromatic heterocycles. The van der Waals surface area contributed by atoms with E-state index >= 15 is 0 Å². The van der Waals surface area contributed by atoms with Crippen molar-refractivity contribution in [1.82, 2.24) is 0 Å². The van der Waals surface area contributed by atoms with Crippen LogP contribution in [0.4, 0.5) is 0 Å². The Balaban J connectivity index is 3.68. The maximum Gasteiger partial charge on any atom is 0.0614 e. The summed E-state index contributed by atoms with van der Waals surface area (Å²) in [4.78, 5) is 0. The minimum Gasteiger partial charge on any atom is -0.392 e. The van der Waals surface area contributed by atoms with Crippen molar-refractivity contribution >= 4 is 0 Å². The summed E-state index contributed by atoms with van der Waals surface area (Å²) in [6.07, 6.45) is 5.55. The van der Waals surface area contributed by atoms with Crippen molar-refractivity contribution in [3.05, 3.63) is 23.3 Å². The van der Waals surface area contributed by atoms with Gasteiger partial charge in [0.25, 0.3) is 0 Å². The minimum absolute atomic E-state index is 0.120. The van der Waals surface area contributed by atoms with E-state index < -0.39 is 0 Å². The highest BCUT2D eigenvalue weighted by Crippen LogP contribution is 2.09. The number of rotatable bonds is 5. The van der Waals surface area contributed by atoms with Crippen LogP contribution in [0.5, 0.6) is 0 Å². The number of aliphatic hydroxyl groups excluding tert-OH is 2. The Labute approximate surface area is 74.2 Å². The Kier molecular flexibility index (Phi) is 6.72. The van der Waals surface area contributed by atoms with Gasteiger partial charge in [-0.2, -0.15) is 0 Å². The van der Waals surface area contributed by atoms with Crippen LogP contribution in [0.25, 0.3) is 0 Å². The summed E-state index contributed by atoms with van der Waals surface area (Å²) in [5, 5.41) is 17.1. The van der Waals surface area contributed by atoms with Crippen molar-refractivity contribution in [2.24, 2.45) is 0 Å². The molecule has 0 aliphatic carbocycles. The highest BCUT2D eigenvalue weighted by molar-refractivity contribution is 5.05. The molecular formula is C10H18O2. The van der Waals surface area contributed by atoms with Gasteiger partial charge in [0, 0.05) is 0 Å². The first kappa shape index (κ1) is 11.4. The lowest BCUT2D eigenvalue weighted by Crippen LogP contribution is -1.85. The molecule has 0 unspecified atom stereocenters. The first-order chi connectivity index (χ1) is 5.70. The van der Waals surface area contributed by atoms with Crippen LogP contribution in [-0.2, 0) is 0 Å². The van der Waals surface area contributed by atoms with E-state index in [9.17, 15) is 0 Å². The summed E-state index contributed by atoms with van der Waals surface area (Å²) in [5.41, 5.74) is 2.39. The largest absolute Gasteiger partial charge is 0.392 e. The summed E-state index contributed by atoms with van der Waals surface area (Å²) in [7, 11) is 0. The second-order valence-electron chi connectivity index (χ2n) is 2.97. The van der Waals surface area contributed by atoms with Crippen LogP contribution in [0, 0.1) is 0 Å². The number of hydrogen-bond acceptors (Lipinski definition) is 2. The molecule has 0 heterocycles. The molecule has 0 amide bonds. The molecule has 0 saturated heterocycles. The minimum atomic E-state index is 0.120. The van der Waals surface area contributed by atoms with Gasteiger partial charge in [-0.15, -0.1) is 0 Å². The highest BCUT2D eigenvalue weighted by Gasteiger charge is 1.91. The third-order valence-corrected chi connectivity index (χ3v) is 1.79. The third-order valence-electron chi connectivity index (χ3n) is 1.79. The van der Waals surface area contributed by atoms with Gasteiger partial charge in [0.05, 0.1) is 13.2 Å². The van der Waals surface area contributed by atoms with Crippen molar-refractivity contribution in [3.8, 4) is 0 Å². The van der Waals surface area contributed by atoms with Gasteiger partial charge in [-0.1, -0.05) is 23.3 Å². The molecule has 2 nitrogen and oxygen atoms in total. The van der Waals surface area contributed by atoms with E-state index in [-0.39, 0.29) is 13.2 Å². The Bertz CT molecular complexity index is 149. The third kappa shape index (κ3) is 6.13. The zero-order valence-electron chi connectivity index (χ0n) is 7.88. The first-order valence-corrected chi connectivity index (χ1v) is 4.23. The molecule has 0 aromatic carbocycles. The van der Waals surface area contributed by atoms with E-state index in [0.29, 0.717) is 0 Å². The van der Waals surface area contributed by atoms with Crippen molar-refractivity contribution in [3.63, 3.8) is 0 Å². The SMILES string of the molecule is C/C(=C\CO)CC/C(C)=C/CO. The summed E-state index contributed by atoms with van der Waals surface area (Å²) in [6.45, 7) is 4.24. The van der Waals surface area contributed by atoms with Crippen LogP contribution in [0.2, 0.25) is 0 Å². The monoisotopic (exact) mass is 170 g/mol. The average molecular weight is 170 g/mol. The predicted molar refractivity (Wildman–Crippen MR) is 50.9 cm³/mol. The molecule has 0 rings (SSSR count). The molecule has 2 heteroatoms. The fourth-order valence-corrected chi connectivity index (χ4v) is 0.910. The molecule has 0 spiro atoms. The summed E-state index contributed by atoms with van der Waals surface area (Å²) in [5.74, 6) is 0. The quantitative estimate of drug-likeness (QED) is 0.616. The van der Waals surface area contributed by atoms with E-state index in [0.717, 1.165) is 12.8 Å². The molecule has 12 heavy (non-hydrogen) atoms. The van der Waals surface area contributed by atoms with Crippen LogP contribution < -0.4 is 0 Å². The molecule has 0 bridgehead atoms. The van der Waals surface area contributed by atoms with E-state index in [1.54, 1.807) is 0 Å². The zero-order valence-corrected chi connectivity index (χ0v) is 7.88. The molecule has 0 aliphatic rings. The van der Waals surface area contributed by atoms with E-state index in [2.05, 4.69) is 0 Å². The number of allylic oxidation sites excluding steroid dienone is 2. The first-order valence-electron chi connectivity index (χ1n) is 4.23. The van der Waals surface area contributed by atoms with Crippen LogP contribution >= 0.6 is 0 Å². The Hall–Kier alpha value is -0.600. The molecule has 0 aliphatic heterocycles. The van der Waals surface area contributed by atoms with E-state index in [1.165, 1.54) is 11.1 Å². The highest BCUT2D eigenvalue weighted by atomic mass is 16.3. The lowest BCUT2D eigenvalue weighted by molar-refractivity contribution is 0.340. The predicted octanol–water partition coefficient (Wildman–Crippen LogP) is 1.64. The van der Waals surface area contributed by atoms with Gasteiger partial charge in [0.2, 0.25) is 0 Å². The molecule has 0 radical (unpaired) electrons. The zero-order chi connectivity index (χ0) is 9.40. The summed E-state index contributed by atoms with van der Waals surface area (Å²) >= 11 is 0. The lowest BCUT2D eigenvalue weighted by atomic mass is 10.1. The van der Waals surface area contributed by atoms with Gasteiger partial charge in [0.1, 0.15) is 0 Å². The van der Waals surface area contributed by atoms with Crippen molar-refractivity contribution in [2.45, 2.75) is 26.7 Å².